The third-order valence-electron chi connectivity index (χ3n) is 1.99. The van der Waals surface area contributed by atoms with Crippen LogP contribution < -0.4 is 5.32 Å². The van der Waals surface area contributed by atoms with E-state index in [1.165, 1.54) is 16.5 Å². The first kappa shape index (κ1) is 7.17. The van der Waals surface area contributed by atoms with Gasteiger partial charge in [-0.1, -0.05) is 24.3 Å². The van der Waals surface area contributed by atoms with Gasteiger partial charge in [-0.05, 0) is 23.6 Å². The first-order valence-corrected chi connectivity index (χ1v) is 3.98. The minimum absolute atomic E-state index is 1.17. The van der Waals surface area contributed by atoms with Crippen LogP contribution in [0.4, 0.5) is 5.69 Å². The van der Waals surface area contributed by atoms with Gasteiger partial charge < -0.3 is 5.32 Å². The summed E-state index contributed by atoms with van der Waals surface area (Å²) in [6.45, 7) is 0. The van der Waals surface area contributed by atoms with Crippen molar-refractivity contribution in [3.63, 3.8) is 0 Å². The summed E-state index contributed by atoms with van der Waals surface area (Å²) in [4.78, 5) is 0. The van der Waals surface area contributed by atoms with Gasteiger partial charge >= 0.3 is 0 Å². The van der Waals surface area contributed by atoms with Crippen LogP contribution in [0.15, 0.2) is 36.4 Å². The van der Waals surface area contributed by atoms with Crippen LogP contribution in [0, 0.1) is 6.07 Å². The molecule has 0 spiro atoms. The number of anilines is 1. The highest BCUT2D eigenvalue weighted by Gasteiger charge is 1.95. The molecule has 0 saturated heterocycles. The largest absolute Gasteiger partial charge is 0.388 e. The molecule has 0 amide bonds. The van der Waals surface area contributed by atoms with Crippen molar-refractivity contribution in [2.75, 3.05) is 12.4 Å². The molecule has 2 rings (SSSR count). The molecule has 0 heterocycles. The summed E-state index contributed by atoms with van der Waals surface area (Å²) in [7, 11) is 1.94. The van der Waals surface area contributed by atoms with E-state index in [1.54, 1.807) is 0 Å². The van der Waals surface area contributed by atoms with E-state index in [-0.39, 0.29) is 0 Å². The van der Waals surface area contributed by atoms with Gasteiger partial charge in [0, 0.05) is 18.1 Å². The number of hydrogen-bond donors (Lipinski definition) is 1. The maximum absolute atomic E-state index is 3.16. The van der Waals surface area contributed by atoms with Crippen LogP contribution in [-0.2, 0) is 0 Å². The predicted octanol–water partition coefficient (Wildman–Crippen LogP) is 2.68. The Kier molecular flexibility index (Phi) is 1.71. The number of benzene rings is 2. The smallest absolute Gasteiger partial charge is 0.0417 e. The average Bonchev–Trinajstić information content (AvgIpc) is 2.17. The van der Waals surface area contributed by atoms with Crippen LogP contribution in [0.25, 0.3) is 10.8 Å². The predicted molar refractivity (Wildman–Crippen MR) is 52.3 cm³/mol. The number of nitrogens with one attached hydrogen (secondary N) is 1. The maximum atomic E-state index is 3.16. The second-order valence-corrected chi connectivity index (χ2v) is 2.70. The molecule has 59 valence electrons. The monoisotopic (exact) mass is 156 g/mol. The van der Waals surface area contributed by atoms with E-state index in [1.807, 2.05) is 25.2 Å². The molecule has 2 aromatic rings. The minimum atomic E-state index is 1.17. The second kappa shape index (κ2) is 2.86. The van der Waals surface area contributed by atoms with Crippen molar-refractivity contribution < 1.29 is 0 Å². The minimum Gasteiger partial charge on any atom is -0.388 e. The quantitative estimate of drug-likeness (QED) is 0.669. The fourth-order valence-electron chi connectivity index (χ4n) is 1.38. The molecule has 0 aliphatic rings. The van der Waals surface area contributed by atoms with Gasteiger partial charge in [0.1, 0.15) is 0 Å². The fourth-order valence-corrected chi connectivity index (χ4v) is 1.38. The molecule has 1 radical (unpaired) electrons. The highest BCUT2D eigenvalue weighted by atomic mass is 14.8. The normalized spacial score (nSPS) is 10.1. The van der Waals surface area contributed by atoms with Gasteiger partial charge in [-0.15, -0.1) is 0 Å². The third-order valence-corrected chi connectivity index (χ3v) is 1.99. The zero-order valence-corrected chi connectivity index (χ0v) is 6.96. The number of hydrogen-bond acceptors (Lipinski definition) is 1. The van der Waals surface area contributed by atoms with E-state index in [0.29, 0.717) is 0 Å². The van der Waals surface area contributed by atoms with Crippen LogP contribution in [-0.4, -0.2) is 7.05 Å². The van der Waals surface area contributed by atoms with E-state index in [4.69, 9.17) is 0 Å². The molecule has 0 unspecified atom stereocenters. The fraction of sp³-hybridized carbons (Fsp3) is 0.0909. The Bertz CT molecular complexity index is 388. The standard InChI is InChI=1S/C11H10N/c1-12-11-8-4-6-9-5-2-3-7-10(9)11/h3-8,12H,1H3. The molecule has 1 nitrogen and oxygen atoms in total. The molecule has 1 heteroatoms. The Morgan fingerprint density at radius 2 is 2.17 bits per heavy atom. The Hall–Kier alpha value is -1.50. The van der Waals surface area contributed by atoms with Crippen molar-refractivity contribution in [2.45, 2.75) is 0 Å². The van der Waals surface area contributed by atoms with Crippen molar-refractivity contribution in [3.8, 4) is 0 Å². The zero-order valence-electron chi connectivity index (χ0n) is 6.96. The SMILES string of the molecule is CNc1cccc2c[c]ccc12. The van der Waals surface area contributed by atoms with Gasteiger partial charge in [0.15, 0.2) is 0 Å². The summed E-state index contributed by atoms with van der Waals surface area (Å²) in [5.41, 5.74) is 1.17. The van der Waals surface area contributed by atoms with Gasteiger partial charge in [0.25, 0.3) is 0 Å². The lowest BCUT2D eigenvalue weighted by Gasteiger charge is -2.03. The van der Waals surface area contributed by atoms with Crippen LogP contribution in [0.1, 0.15) is 0 Å². The summed E-state index contributed by atoms with van der Waals surface area (Å²) in [5, 5.41) is 5.63. The molecule has 0 bridgehead atoms. The van der Waals surface area contributed by atoms with Crippen LogP contribution in [0.5, 0.6) is 0 Å². The van der Waals surface area contributed by atoms with E-state index in [9.17, 15) is 0 Å². The van der Waals surface area contributed by atoms with E-state index in [0.717, 1.165) is 0 Å². The van der Waals surface area contributed by atoms with Gasteiger partial charge in [0.2, 0.25) is 0 Å². The van der Waals surface area contributed by atoms with Crippen molar-refractivity contribution in [2.24, 2.45) is 0 Å². The molecule has 2 aromatic carbocycles. The van der Waals surface area contributed by atoms with Gasteiger partial charge in [0.05, 0.1) is 0 Å². The molecule has 12 heavy (non-hydrogen) atoms. The lowest BCUT2D eigenvalue weighted by Crippen LogP contribution is -1.88. The topological polar surface area (TPSA) is 12.0 Å². The molecular weight excluding hydrogens is 146 g/mol. The molecule has 0 saturated carbocycles. The molecule has 0 fully saturated rings. The van der Waals surface area contributed by atoms with Gasteiger partial charge in [-0.25, -0.2) is 0 Å². The zero-order chi connectivity index (χ0) is 8.39. The molecule has 0 aliphatic heterocycles. The van der Waals surface area contributed by atoms with E-state index < -0.39 is 0 Å². The highest BCUT2D eigenvalue weighted by molar-refractivity contribution is 5.93. The lowest BCUT2D eigenvalue weighted by atomic mass is 10.1. The average molecular weight is 156 g/mol. The highest BCUT2D eigenvalue weighted by Crippen LogP contribution is 2.21. The van der Waals surface area contributed by atoms with Crippen LogP contribution >= 0.6 is 0 Å². The summed E-state index contributed by atoms with van der Waals surface area (Å²) >= 11 is 0. The lowest BCUT2D eigenvalue weighted by molar-refractivity contribution is 1.55. The van der Waals surface area contributed by atoms with Crippen LogP contribution in [0.2, 0.25) is 0 Å². The first-order valence-electron chi connectivity index (χ1n) is 3.98. The number of fused-ring (bicyclic) bond motifs is 1. The molecule has 1 N–H and O–H groups in total. The van der Waals surface area contributed by atoms with Gasteiger partial charge in [-0.2, -0.15) is 0 Å². The Morgan fingerprint density at radius 1 is 1.25 bits per heavy atom. The molecule has 0 atom stereocenters. The van der Waals surface area contributed by atoms with E-state index >= 15 is 0 Å². The summed E-state index contributed by atoms with van der Waals surface area (Å²) in [6.07, 6.45) is 0. The van der Waals surface area contributed by atoms with Crippen molar-refractivity contribution in [3.05, 3.63) is 42.5 Å². The van der Waals surface area contributed by atoms with E-state index in [2.05, 4.69) is 29.6 Å². The second-order valence-electron chi connectivity index (χ2n) is 2.70. The summed E-state index contributed by atoms with van der Waals surface area (Å²) in [5.74, 6) is 0. The van der Waals surface area contributed by atoms with Gasteiger partial charge in [-0.3, -0.25) is 0 Å². The summed E-state index contributed by atoms with van der Waals surface area (Å²) < 4.78 is 0. The summed E-state index contributed by atoms with van der Waals surface area (Å²) in [6, 6.07) is 15.3. The Labute approximate surface area is 72.0 Å². The Balaban J connectivity index is 2.79. The van der Waals surface area contributed by atoms with Crippen LogP contribution in [0.3, 0.4) is 0 Å². The first-order chi connectivity index (χ1) is 5.92. The molecular formula is C11H10N. The molecule has 0 aliphatic carbocycles. The third kappa shape index (κ3) is 1.03. The number of rotatable bonds is 1. The molecule has 0 aromatic heterocycles. The van der Waals surface area contributed by atoms with Crippen molar-refractivity contribution in [1.82, 2.24) is 0 Å². The van der Waals surface area contributed by atoms with Crippen molar-refractivity contribution >= 4 is 16.5 Å². The van der Waals surface area contributed by atoms with Crippen molar-refractivity contribution in [1.29, 1.82) is 0 Å². The maximum Gasteiger partial charge on any atom is 0.0417 e. The Morgan fingerprint density at radius 3 is 3.00 bits per heavy atom.